The van der Waals surface area contributed by atoms with E-state index in [4.69, 9.17) is 0 Å². The van der Waals surface area contributed by atoms with Gasteiger partial charge in [-0.15, -0.1) is 0 Å². The number of carbonyl (C=O) groups excluding carboxylic acids is 2. The molecule has 0 aromatic heterocycles. The molecule has 0 atom stereocenters. The highest BCUT2D eigenvalue weighted by Crippen LogP contribution is 2.10. The summed E-state index contributed by atoms with van der Waals surface area (Å²) < 4.78 is 0. The van der Waals surface area contributed by atoms with Gasteiger partial charge in [0.25, 0.3) is 0 Å². The van der Waals surface area contributed by atoms with E-state index in [2.05, 4.69) is 12.2 Å². The fourth-order valence-corrected chi connectivity index (χ4v) is 2.59. The number of rotatable bonds is 16. The van der Waals surface area contributed by atoms with Gasteiger partial charge in [-0.3, -0.25) is 4.79 Å². The molecule has 0 aromatic carbocycles. The van der Waals surface area contributed by atoms with Crippen molar-refractivity contribution < 1.29 is 9.59 Å². The first-order valence-electron chi connectivity index (χ1n) is 10.4. The van der Waals surface area contributed by atoms with Gasteiger partial charge in [0.2, 0.25) is 5.91 Å². The zero-order chi connectivity index (χ0) is 18.5. The average molecular weight is 342 g/mol. The van der Waals surface area contributed by atoms with Crippen LogP contribution in [0.3, 0.4) is 0 Å². The highest BCUT2D eigenvalue weighted by atomic mass is 16.1. The first kappa shape index (κ1) is 25.4. The highest BCUT2D eigenvalue weighted by Gasteiger charge is 2.01. The number of Topliss-reactive ketones (excluding diaryl/α,β-unsaturated/α-hetero) is 1. The van der Waals surface area contributed by atoms with Crippen LogP contribution < -0.4 is 5.32 Å². The van der Waals surface area contributed by atoms with Gasteiger partial charge in [0.15, 0.2) is 0 Å². The maximum Gasteiger partial charge on any atom is 0.219 e. The molecule has 0 fully saturated rings. The van der Waals surface area contributed by atoms with Crippen molar-refractivity contribution >= 4 is 11.7 Å². The predicted octanol–water partition coefficient (Wildman–Crippen LogP) is 6.20. The van der Waals surface area contributed by atoms with Crippen LogP contribution in [-0.2, 0) is 9.59 Å². The maximum atomic E-state index is 11.6. The van der Waals surface area contributed by atoms with Gasteiger partial charge in [-0.2, -0.15) is 0 Å². The lowest BCUT2D eigenvalue weighted by Gasteiger charge is -2.05. The molecule has 0 spiro atoms. The van der Waals surface area contributed by atoms with E-state index >= 15 is 0 Å². The molecule has 3 nitrogen and oxygen atoms in total. The SMILES string of the molecule is CC.CCCCCCCCCCCC(=O)NCCCCCC(C)=O. The lowest BCUT2D eigenvalue weighted by Crippen LogP contribution is -2.23. The molecule has 0 aromatic rings. The van der Waals surface area contributed by atoms with E-state index < -0.39 is 0 Å². The average Bonchev–Trinajstić information content (AvgIpc) is 2.58. The number of nitrogens with one attached hydrogen (secondary N) is 1. The first-order valence-corrected chi connectivity index (χ1v) is 10.4. The number of ketones is 1. The van der Waals surface area contributed by atoms with E-state index in [-0.39, 0.29) is 11.7 Å². The van der Waals surface area contributed by atoms with Gasteiger partial charge in [-0.25, -0.2) is 0 Å². The Morgan fingerprint density at radius 2 is 1.12 bits per heavy atom. The van der Waals surface area contributed by atoms with Crippen molar-refractivity contribution in [1.29, 1.82) is 0 Å². The largest absolute Gasteiger partial charge is 0.356 e. The Balaban J connectivity index is 0. The molecule has 0 radical (unpaired) electrons. The van der Waals surface area contributed by atoms with Gasteiger partial charge in [0.05, 0.1) is 0 Å². The van der Waals surface area contributed by atoms with Crippen molar-refractivity contribution in [1.82, 2.24) is 5.32 Å². The topological polar surface area (TPSA) is 46.2 Å². The zero-order valence-electron chi connectivity index (χ0n) is 16.9. The van der Waals surface area contributed by atoms with Crippen molar-refractivity contribution in [3.63, 3.8) is 0 Å². The summed E-state index contributed by atoms with van der Waals surface area (Å²) in [5.41, 5.74) is 0. The Morgan fingerprint density at radius 3 is 1.67 bits per heavy atom. The van der Waals surface area contributed by atoms with Gasteiger partial charge in [0, 0.05) is 19.4 Å². The standard InChI is InChI=1S/C19H37NO2.C2H6/c1-3-4-5-6-7-8-9-10-13-16-19(22)20-17-14-11-12-15-18(2)21;1-2/h3-17H2,1-2H3,(H,20,22);1-2H3. The molecular weight excluding hydrogens is 298 g/mol. The number of carbonyl (C=O) groups is 2. The van der Waals surface area contributed by atoms with Crippen LogP contribution in [-0.4, -0.2) is 18.2 Å². The fourth-order valence-electron chi connectivity index (χ4n) is 2.59. The van der Waals surface area contributed by atoms with E-state index in [1.54, 1.807) is 6.92 Å². The fraction of sp³-hybridized carbons (Fsp3) is 0.905. The quantitative estimate of drug-likeness (QED) is 0.340. The summed E-state index contributed by atoms with van der Waals surface area (Å²) in [6.45, 7) is 8.64. The summed E-state index contributed by atoms with van der Waals surface area (Å²) in [5, 5.41) is 2.97. The van der Waals surface area contributed by atoms with Crippen LogP contribution in [0.4, 0.5) is 0 Å². The Bertz CT molecular complexity index is 277. The maximum absolute atomic E-state index is 11.6. The molecule has 0 saturated carbocycles. The summed E-state index contributed by atoms with van der Waals surface area (Å²) in [7, 11) is 0. The van der Waals surface area contributed by atoms with Crippen LogP contribution in [0.5, 0.6) is 0 Å². The molecule has 144 valence electrons. The minimum atomic E-state index is 0.189. The third-order valence-corrected chi connectivity index (χ3v) is 4.04. The second-order valence-corrected chi connectivity index (χ2v) is 6.44. The molecule has 24 heavy (non-hydrogen) atoms. The predicted molar refractivity (Wildman–Crippen MR) is 105 cm³/mol. The number of hydrogen-bond donors (Lipinski definition) is 1. The van der Waals surface area contributed by atoms with E-state index in [9.17, 15) is 9.59 Å². The van der Waals surface area contributed by atoms with Crippen LogP contribution >= 0.6 is 0 Å². The zero-order valence-corrected chi connectivity index (χ0v) is 16.9. The third kappa shape index (κ3) is 23.4. The number of unbranched alkanes of at least 4 members (excludes halogenated alkanes) is 10. The molecule has 0 bridgehead atoms. The Morgan fingerprint density at radius 1 is 0.667 bits per heavy atom. The van der Waals surface area contributed by atoms with Crippen molar-refractivity contribution in [2.24, 2.45) is 0 Å². The van der Waals surface area contributed by atoms with Crippen LogP contribution in [0.1, 0.15) is 118 Å². The molecule has 0 heterocycles. The van der Waals surface area contributed by atoms with E-state index in [0.717, 1.165) is 32.2 Å². The second-order valence-electron chi connectivity index (χ2n) is 6.44. The van der Waals surface area contributed by atoms with Gasteiger partial charge in [-0.1, -0.05) is 78.6 Å². The van der Waals surface area contributed by atoms with Crippen molar-refractivity contribution in [2.45, 2.75) is 118 Å². The van der Waals surface area contributed by atoms with E-state index in [1.165, 1.54) is 51.4 Å². The molecule has 0 aliphatic heterocycles. The van der Waals surface area contributed by atoms with Gasteiger partial charge in [-0.05, 0) is 26.2 Å². The van der Waals surface area contributed by atoms with Crippen LogP contribution in [0, 0.1) is 0 Å². The second kappa shape index (κ2) is 22.1. The van der Waals surface area contributed by atoms with E-state index in [1.807, 2.05) is 13.8 Å². The minimum absolute atomic E-state index is 0.189. The molecule has 0 unspecified atom stereocenters. The summed E-state index contributed by atoms with van der Waals surface area (Å²) in [6.07, 6.45) is 15.9. The van der Waals surface area contributed by atoms with Crippen molar-refractivity contribution in [3.8, 4) is 0 Å². The monoisotopic (exact) mass is 341 g/mol. The minimum Gasteiger partial charge on any atom is -0.356 e. The number of amides is 1. The molecular formula is C21H43NO2. The van der Waals surface area contributed by atoms with Gasteiger partial charge < -0.3 is 10.1 Å². The smallest absolute Gasteiger partial charge is 0.219 e. The molecule has 3 heteroatoms. The van der Waals surface area contributed by atoms with Crippen molar-refractivity contribution in [2.75, 3.05) is 6.54 Å². The third-order valence-electron chi connectivity index (χ3n) is 4.04. The molecule has 0 aliphatic rings. The van der Waals surface area contributed by atoms with Crippen LogP contribution in [0.15, 0.2) is 0 Å². The Labute approximate surface area is 151 Å². The van der Waals surface area contributed by atoms with E-state index in [0.29, 0.717) is 12.8 Å². The molecule has 0 saturated heterocycles. The summed E-state index contributed by atoms with van der Waals surface area (Å²) in [6, 6.07) is 0. The van der Waals surface area contributed by atoms with Gasteiger partial charge in [0.1, 0.15) is 5.78 Å². The molecule has 1 amide bonds. The number of hydrogen-bond acceptors (Lipinski definition) is 2. The van der Waals surface area contributed by atoms with Crippen molar-refractivity contribution in [3.05, 3.63) is 0 Å². The first-order chi connectivity index (χ1) is 11.7. The highest BCUT2D eigenvalue weighted by molar-refractivity contribution is 5.75. The van der Waals surface area contributed by atoms with Crippen LogP contribution in [0.2, 0.25) is 0 Å². The van der Waals surface area contributed by atoms with Gasteiger partial charge >= 0.3 is 0 Å². The summed E-state index contributed by atoms with van der Waals surface area (Å²) in [4.78, 5) is 22.4. The lowest BCUT2D eigenvalue weighted by molar-refractivity contribution is -0.121. The molecule has 0 rings (SSSR count). The Kier molecular flexibility index (Phi) is 23.4. The van der Waals surface area contributed by atoms with Crippen LogP contribution in [0.25, 0.3) is 0 Å². The molecule has 1 N–H and O–H groups in total. The summed E-state index contributed by atoms with van der Waals surface area (Å²) >= 11 is 0. The molecule has 0 aliphatic carbocycles. The normalized spacial score (nSPS) is 10.0. The Hall–Kier alpha value is -0.860. The lowest BCUT2D eigenvalue weighted by atomic mass is 10.1. The summed E-state index contributed by atoms with van der Waals surface area (Å²) in [5.74, 6) is 0.448.